The summed E-state index contributed by atoms with van der Waals surface area (Å²) in [5.74, 6) is 1.02. The quantitative estimate of drug-likeness (QED) is 0.880. The van der Waals surface area contributed by atoms with E-state index in [1.54, 1.807) is 11.3 Å². The highest BCUT2D eigenvalue weighted by Gasteiger charge is 2.38. The summed E-state index contributed by atoms with van der Waals surface area (Å²) in [5, 5.41) is 5.32. The number of thiophene rings is 1. The molecule has 5 heteroatoms. The first kappa shape index (κ1) is 17.8. The molecular weight excluding hydrogens is 316 g/mol. The molecule has 3 rings (SSSR count). The largest absolute Gasteiger partial charge is 0.323 e. The topological polar surface area (TPSA) is 32.3 Å². The molecule has 1 aliphatic heterocycles. The zero-order valence-electron chi connectivity index (χ0n) is 13.7. The molecule has 2 atom stereocenters. The van der Waals surface area contributed by atoms with E-state index in [0.717, 1.165) is 24.6 Å². The lowest BCUT2D eigenvalue weighted by atomic mass is 9.97. The van der Waals surface area contributed by atoms with Crippen molar-refractivity contribution in [1.29, 1.82) is 0 Å². The van der Waals surface area contributed by atoms with Crippen LogP contribution in [0.25, 0.3) is 0 Å². The number of amides is 1. The highest BCUT2D eigenvalue weighted by molar-refractivity contribution is 7.10. The second-order valence-electron chi connectivity index (χ2n) is 6.67. The first-order valence-electron chi connectivity index (χ1n) is 8.19. The summed E-state index contributed by atoms with van der Waals surface area (Å²) in [6, 6.07) is 0.624. The molecule has 0 spiro atoms. The SMILES string of the molecule is Cc1csc(C)c1NC(=O)C1CCCCN1C(C)C1CC1.Cl. The van der Waals surface area contributed by atoms with Crippen molar-refractivity contribution in [2.24, 2.45) is 5.92 Å². The fourth-order valence-electron chi connectivity index (χ4n) is 3.54. The molecule has 1 aliphatic carbocycles. The molecule has 1 amide bonds. The molecule has 124 valence electrons. The minimum Gasteiger partial charge on any atom is -0.323 e. The van der Waals surface area contributed by atoms with Gasteiger partial charge in [-0.2, -0.15) is 0 Å². The predicted octanol–water partition coefficient (Wildman–Crippen LogP) is 4.38. The maximum absolute atomic E-state index is 12.8. The molecule has 2 unspecified atom stereocenters. The Morgan fingerprint density at radius 2 is 2.05 bits per heavy atom. The normalized spacial score (nSPS) is 23.7. The van der Waals surface area contributed by atoms with Crippen molar-refractivity contribution in [1.82, 2.24) is 4.90 Å². The number of nitrogens with zero attached hydrogens (tertiary/aromatic N) is 1. The zero-order valence-corrected chi connectivity index (χ0v) is 15.4. The molecule has 22 heavy (non-hydrogen) atoms. The van der Waals surface area contributed by atoms with Crippen LogP contribution < -0.4 is 5.32 Å². The van der Waals surface area contributed by atoms with Gasteiger partial charge in [-0.05, 0) is 69.9 Å². The molecule has 2 fully saturated rings. The van der Waals surface area contributed by atoms with E-state index in [4.69, 9.17) is 0 Å². The monoisotopic (exact) mass is 342 g/mol. The predicted molar refractivity (Wildman–Crippen MR) is 96.2 cm³/mol. The van der Waals surface area contributed by atoms with Crippen LogP contribution in [-0.4, -0.2) is 29.4 Å². The number of hydrogen-bond acceptors (Lipinski definition) is 3. The van der Waals surface area contributed by atoms with Crippen molar-refractivity contribution >= 4 is 35.3 Å². The third-order valence-corrected chi connectivity index (χ3v) is 6.11. The van der Waals surface area contributed by atoms with Gasteiger partial charge in [-0.3, -0.25) is 9.69 Å². The Morgan fingerprint density at radius 1 is 1.32 bits per heavy atom. The maximum Gasteiger partial charge on any atom is 0.241 e. The van der Waals surface area contributed by atoms with Gasteiger partial charge in [0.05, 0.1) is 11.7 Å². The van der Waals surface area contributed by atoms with Gasteiger partial charge in [0.1, 0.15) is 0 Å². The molecule has 3 nitrogen and oxygen atoms in total. The van der Waals surface area contributed by atoms with E-state index in [-0.39, 0.29) is 24.4 Å². The maximum atomic E-state index is 12.8. The number of likely N-dealkylation sites (tertiary alicyclic amines) is 1. The number of rotatable bonds is 4. The van der Waals surface area contributed by atoms with Crippen LogP contribution in [0.2, 0.25) is 0 Å². The second kappa shape index (κ2) is 7.33. The minimum absolute atomic E-state index is 0. The van der Waals surface area contributed by atoms with Crippen LogP contribution in [0, 0.1) is 19.8 Å². The van der Waals surface area contributed by atoms with Gasteiger partial charge >= 0.3 is 0 Å². The minimum atomic E-state index is 0. The lowest BCUT2D eigenvalue weighted by molar-refractivity contribution is -0.123. The van der Waals surface area contributed by atoms with E-state index in [1.807, 2.05) is 0 Å². The third kappa shape index (κ3) is 3.66. The molecule has 2 heterocycles. The van der Waals surface area contributed by atoms with Crippen LogP contribution in [0.3, 0.4) is 0 Å². The number of halogens is 1. The van der Waals surface area contributed by atoms with Crippen LogP contribution in [0.15, 0.2) is 5.38 Å². The van der Waals surface area contributed by atoms with E-state index < -0.39 is 0 Å². The Bertz CT molecular complexity index is 507. The summed E-state index contributed by atoms with van der Waals surface area (Å²) < 4.78 is 0. The number of anilines is 1. The van der Waals surface area contributed by atoms with Crippen LogP contribution in [0.5, 0.6) is 0 Å². The summed E-state index contributed by atoms with van der Waals surface area (Å²) >= 11 is 1.71. The second-order valence-corrected chi connectivity index (χ2v) is 7.75. The fraction of sp³-hybridized carbons (Fsp3) is 0.706. The van der Waals surface area contributed by atoms with E-state index in [9.17, 15) is 4.79 Å². The van der Waals surface area contributed by atoms with Crippen LogP contribution in [-0.2, 0) is 4.79 Å². The Kier molecular flexibility index (Phi) is 5.92. The summed E-state index contributed by atoms with van der Waals surface area (Å²) in [6.07, 6.45) is 6.10. The van der Waals surface area contributed by atoms with Gasteiger partial charge in [0.15, 0.2) is 0 Å². The summed E-state index contributed by atoms with van der Waals surface area (Å²) in [6.45, 7) is 7.55. The number of piperidine rings is 1. The van der Waals surface area contributed by atoms with Gasteiger partial charge in [-0.15, -0.1) is 23.7 Å². The zero-order chi connectivity index (χ0) is 15.0. The summed E-state index contributed by atoms with van der Waals surface area (Å²) in [5.41, 5.74) is 2.22. The van der Waals surface area contributed by atoms with E-state index >= 15 is 0 Å². The van der Waals surface area contributed by atoms with Crippen molar-refractivity contribution in [2.75, 3.05) is 11.9 Å². The van der Waals surface area contributed by atoms with Crippen LogP contribution in [0.4, 0.5) is 5.69 Å². The first-order chi connectivity index (χ1) is 10.1. The van der Waals surface area contributed by atoms with Gasteiger partial charge in [0.2, 0.25) is 5.91 Å². The molecule has 1 N–H and O–H groups in total. The Hall–Kier alpha value is -0.580. The van der Waals surface area contributed by atoms with Crippen molar-refractivity contribution in [3.63, 3.8) is 0 Å². The molecule has 1 saturated heterocycles. The Labute approximate surface area is 143 Å². The number of hydrogen-bond donors (Lipinski definition) is 1. The molecule has 0 radical (unpaired) electrons. The Morgan fingerprint density at radius 3 is 2.64 bits per heavy atom. The molecule has 2 aliphatic rings. The van der Waals surface area contributed by atoms with Crippen LogP contribution >= 0.6 is 23.7 Å². The van der Waals surface area contributed by atoms with Crippen molar-refractivity contribution in [3.8, 4) is 0 Å². The van der Waals surface area contributed by atoms with Gasteiger partial charge in [-0.1, -0.05) is 6.42 Å². The van der Waals surface area contributed by atoms with Crippen LogP contribution in [0.1, 0.15) is 49.5 Å². The average molecular weight is 343 g/mol. The molecule has 0 aromatic carbocycles. The van der Waals surface area contributed by atoms with Crippen molar-refractivity contribution in [2.45, 2.75) is 65.0 Å². The van der Waals surface area contributed by atoms with E-state index in [2.05, 4.69) is 36.4 Å². The van der Waals surface area contributed by atoms with Gasteiger partial charge in [-0.25, -0.2) is 0 Å². The number of carbonyl (C=O) groups is 1. The number of aryl methyl sites for hydroxylation is 2. The molecule has 0 bridgehead atoms. The first-order valence-corrected chi connectivity index (χ1v) is 9.07. The summed E-state index contributed by atoms with van der Waals surface area (Å²) in [7, 11) is 0. The number of nitrogens with one attached hydrogen (secondary N) is 1. The van der Waals surface area contributed by atoms with Crippen molar-refractivity contribution in [3.05, 3.63) is 15.8 Å². The van der Waals surface area contributed by atoms with E-state index in [1.165, 1.54) is 36.1 Å². The third-order valence-electron chi connectivity index (χ3n) is 5.08. The Balaban J connectivity index is 0.00000176. The number of carbonyl (C=O) groups excluding carboxylic acids is 1. The lowest BCUT2D eigenvalue weighted by Crippen LogP contribution is -2.51. The van der Waals surface area contributed by atoms with Gasteiger partial charge in [0, 0.05) is 10.9 Å². The average Bonchev–Trinajstić information content (AvgIpc) is 3.29. The molecule has 1 aromatic heterocycles. The highest BCUT2D eigenvalue weighted by atomic mass is 35.5. The standard InChI is InChI=1S/C17H26N2OS.ClH/c1-11-10-21-13(3)16(11)18-17(20)15-6-4-5-9-19(15)12(2)14-7-8-14;/h10,12,14-15H,4-9H2,1-3H3,(H,18,20);1H. The smallest absolute Gasteiger partial charge is 0.241 e. The van der Waals surface area contributed by atoms with Gasteiger partial charge in [0.25, 0.3) is 0 Å². The molecular formula is C17H27ClN2OS. The lowest BCUT2D eigenvalue weighted by Gasteiger charge is -2.39. The van der Waals surface area contributed by atoms with Gasteiger partial charge < -0.3 is 5.32 Å². The fourth-order valence-corrected chi connectivity index (χ4v) is 4.34. The van der Waals surface area contributed by atoms with Crippen molar-refractivity contribution < 1.29 is 4.79 Å². The summed E-state index contributed by atoms with van der Waals surface area (Å²) in [4.78, 5) is 16.5. The molecule has 1 saturated carbocycles. The highest BCUT2D eigenvalue weighted by Crippen LogP contribution is 2.37. The molecule has 1 aromatic rings. The van der Waals surface area contributed by atoms with E-state index in [0.29, 0.717) is 6.04 Å².